The molecule has 2 atom stereocenters. The quantitative estimate of drug-likeness (QED) is 0.318. The molecule has 1 aliphatic rings. The summed E-state index contributed by atoms with van der Waals surface area (Å²) in [7, 11) is -1.55. The molecule has 1 aromatic carbocycles. The number of imide groups is 1. The Labute approximate surface area is 156 Å². The zero-order valence-corrected chi connectivity index (χ0v) is 16.3. The number of nitrogens with zero attached hydrogens (tertiary/aromatic N) is 1. The molecule has 0 saturated heterocycles. The summed E-state index contributed by atoms with van der Waals surface area (Å²) in [5.41, 5.74) is 0.772. The Bertz CT molecular complexity index is 631. The molecule has 0 aromatic heterocycles. The summed E-state index contributed by atoms with van der Waals surface area (Å²) in [5.74, 6) is -1.47. The van der Waals surface area contributed by atoms with Gasteiger partial charge in [-0.2, -0.15) is 0 Å². The van der Waals surface area contributed by atoms with Crippen molar-refractivity contribution in [3.8, 4) is 0 Å². The molecule has 0 saturated carbocycles. The highest BCUT2D eigenvalue weighted by atomic mass is 32.2. The first-order valence-electron chi connectivity index (χ1n) is 8.26. The van der Waals surface area contributed by atoms with E-state index in [-0.39, 0.29) is 24.8 Å². The zero-order valence-electron chi connectivity index (χ0n) is 14.6. The minimum absolute atomic E-state index is 0.166. The van der Waals surface area contributed by atoms with Gasteiger partial charge in [-0.05, 0) is 38.8 Å². The number of benzene rings is 1. The van der Waals surface area contributed by atoms with Gasteiger partial charge >= 0.3 is 0 Å². The lowest BCUT2D eigenvalue weighted by atomic mass is 10.1. The summed E-state index contributed by atoms with van der Waals surface area (Å²) in [6, 6.07) is 6.65. The standard InChI is InChI=1S/C16H22NO7PS/c1-3-22-25(23-4-2)14(24-26(20)21)10-7-11-17-15(18)12-8-5-6-9-13(12)16(17)19/h5-6,8-9,14H,3-4,7,10-11H2,1-2H3,(H,20,21)/p-1. The van der Waals surface area contributed by atoms with E-state index in [1.165, 1.54) is 4.90 Å². The van der Waals surface area contributed by atoms with Crippen molar-refractivity contribution in [1.82, 2.24) is 4.90 Å². The van der Waals surface area contributed by atoms with Crippen LogP contribution in [0.3, 0.4) is 0 Å². The molecule has 0 spiro atoms. The van der Waals surface area contributed by atoms with Crippen LogP contribution in [0.25, 0.3) is 0 Å². The Hall–Kier alpha value is -1.22. The fourth-order valence-electron chi connectivity index (χ4n) is 2.60. The van der Waals surface area contributed by atoms with Crippen LogP contribution in [-0.2, 0) is 24.6 Å². The molecule has 10 heteroatoms. The van der Waals surface area contributed by atoms with Gasteiger partial charge in [-0.1, -0.05) is 12.1 Å². The summed E-state index contributed by atoms with van der Waals surface area (Å²) in [6.45, 7) is 4.43. The lowest BCUT2D eigenvalue weighted by Crippen LogP contribution is -2.31. The fraction of sp³-hybridized carbons (Fsp3) is 0.500. The van der Waals surface area contributed by atoms with Gasteiger partial charge in [0.1, 0.15) is 5.85 Å². The predicted octanol–water partition coefficient (Wildman–Crippen LogP) is 2.58. The van der Waals surface area contributed by atoms with E-state index in [1.807, 2.05) is 0 Å². The van der Waals surface area contributed by atoms with Crippen LogP contribution in [0.1, 0.15) is 47.4 Å². The topological polar surface area (TPSA) is 105 Å². The minimum Gasteiger partial charge on any atom is -0.750 e. The van der Waals surface area contributed by atoms with Gasteiger partial charge in [0.2, 0.25) is 8.38 Å². The van der Waals surface area contributed by atoms with Gasteiger partial charge in [0.25, 0.3) is 11.8 Å². The second-order valence-electron chi connectivity index (χ2n) is 5.33. The van der Waals surface area contributed by atoms with Gasteiger partial charge in [-0.15, -0.1) is 0 Å². The Morgan fingerprint density at radius 3 is 2.12 bits per heavy atom. The third-order valence-corrected chi connectivity index (χ3v) is 6.04. The highest BCUT2D eigenvalue weighted by molar-refractivity contribution is 7.74. The highest BCUT2D eigenvalue weighted by Gasteiger charge is 2.35. The first-order valence-corrected chi connectivity index (χ1v) is 10.5. The van der Waals surface area contributed by atoms with Gasteiger partial charge in [-0.25, -0.2) is 4.21 Å². The molecule has 1 aliphatic heterocycles. The molecule has 0 aliphatic carbocycles. The van der Waals surface area contributed by atoms with Crippen molar-refractivity contribution in [2.24, 2.45) is 0 Å². The van der Waals surface area contributed by atoms with Crippen LogP contribution in [0.15, 0.2) is 24.3 Å². The van der Waals surface area contributed by atoms with Crippen LogP contribution < -0.4 is 0 Å². The van der Waals surface area contributed by atoms with Crippen molar-refractivity contribution in [2.75, 3.05) is 19.8 Å². The van der Waals surface area contributed by atoms with E-state index in [4.69, 9.17) is 13.2 Å². The third-order valence-electron chi connectivity index (χ3n) is 3.65. The van der Waals surface area contributed by atoms with Crippen molar-refractivity contribution in [3.05, 3.63) is 35.4 Å². The second-order valence-corrected chi connectivity index (χ2v) is 7.59. The Morgan fingerprint density at radius 1 is 1.12 bits per heavy atom. The van der Waals surface area contributed by atoms with Crippen LogP contribution in [0.5, 0.6) is 0 Å². The predicted molar refractivity (Wildman–Crippen MR) is 95.0 cm³/mol. The molecule has 1 aromatic rings. The molecule has 2 rings (SSSR count). The molecule has 2 unspecified atom stereocenters. The number of carbonyl (C=O) groups excluding carboxylic acids is 2. The molecule has 144 valence electrons. The molecular weight excluding hydrogens is 381 g/mol. The average molecular weight is 402 g/mol. The maximum absolute atomic E-state index is 12.3. The number of fused-ring (bicyclic) bond motifs is 1. The van der Waals surface area contributed by atoms with Gasteiger partial charge in [0.05, 0.1) is 35.7 Å². The van der Waals surface area contributed by atoms with E-state index in [2.05, 4.69) is 0 Å². The van der Waals surface area contributed by atoms with Crippen molar-refractivity contribution in [2.45, 2.75) is 32.5 Å². The maximum Gasteiger partial charge on any atom is 0.261 e. The smallest absolute Gasteiger partial charge is 0.261 e. The molecule has 0 N–H and O–H groups in total. The summed E-state index contributed by atoms with van der Waals surface area (Å²) >= 11 is -2.72. The third kappa shape index (κ3) is 5.16. The van der Waals surface area contributed by atoms with Crippen molar-refractivity contribution >= 4 is 31.6 Å². The molecule has 26 heavy (non-hydrogen) atoms. The number of hydrogen-bond donors (Lipinski definition) is 0. The average Bonchev–Trinajstić information content (AvgIpc) is 2.85. The number of rotatable bonds is 11. The van der Waals surface area contributed by atoms with Crippen LogP contribution in [0, 0.1) is 0 Å². The Balaban J connectivity index is 1.98. The van der Waals surface area contributed by atoms with E-state index in [1.54, 1.807) is 38.1 Å². The van der Waals surface area contributed by atoms with Gasteiger partial charge < -0.3 is 13.6 Å². The van der Waals surface area contributed by atoms with E-state index in [0.717, 1.165) is 0 Å². The number of hydrogen-bond acceptors (Lipinski definition) is 7. The first kappa shape index (κ1) is 21.1. The second kappa shape index (κ2) is 10.2. The molecular formula is C16H21NO7PS-. The summed E-state index contributed by atoms with van der Waals surface area (Å²) < 4.78 is 37.7. The van der Waals surface area contributed by atoms with E-state index < -0.39 is 25.6 Å². The number of carbonyl (C=O) groups is 2. The zero-order chi connectivity index (χ0) is 19.1. The molecule has 1 heterocycles. The molecule has 0 radical (unpaired) electrons. The van der Waals surface area contributed by atoms with Gasteiger partial charge in [0.15, 0.2) is 0 Å². The van der Waals surface area contributed by atoms with E-state index in [0.29, 0.717) is 30.8 Å². The lowest BCUT2D eigenvalue weighted by molar-refractivity contribution is 0.0647. The van der Waals surface area contributed by atoms with Crippen LogP contribution in [0.4, 0.5) is 0 Å². The Kier molecular flexibility index (Phi) is 8.27. The number of amides is 2. The first-order chi connectivity index (χ1) is 12.5. The summed E-state index contributed by atoms with van der Waals surface area (Å²) in [4.78, 5) is 25.8. The fourth-order valence-corrected chi connectivity index (χ4v) is 4.68. The largest absolute Gasteiger partial charge is 0.750 e. The molecule has 0 fully saturated rings. The minimum atomic E-state index is -2.72. The summed E-state index contributed by atoms with van der Waals surface area (Å²) in [5, 5.41) is 0. The van der Waals surface area contributed by atoms with E-state index >= 15 is 0 Å². The molecule has 8 nitrogen and oxygen atoms in total. The maximum atomic E-state index is 12.3. The molecule has 2 amide bonds. The van der Waals surface area contributed by atoms with Gasteiger partial charge in [0, 0.05) is 6.54 Å². The summed E-state index contributed by atoms with van der Waals surface area (Å²) in [6.07, 6.45) is 0.638. The van der Waals surface area contributed by atoms with Crippen LogP contribution in [0.2, 0.25) is 0 Å². The normalized spacial score (nSPS) is 16.2. The van der Waals surface area contributed by atoms with Crippen molar-refractivity contribution < 1.29 is 31.6 Å². The van der Waals surface area contributed by atoms with Crippen LogP contribution in [-0.4, -0.2) is 51.1 Å². The Morgan fingerprint density at radius 2 is 1.65 bits per heavy atom. The highest BCUT2D eigenvalue weighted by Crippen LogP contribution is 2.46. The van der Waals surface area contributed by atoms with Gasteiger partial charge in [-0.3, -0.25) is 18.7 Å². The van der Waals surface area contributed by atoms with Crippen LogP contribution >= 0.6 is 8.38 Å². The van der Waals surface area contributed by atoms with E-state index in [9.17, 15) is 18.4 Å². The van der Waals surface area contributed by atoms with Crippen molar-refractivity contribution in [3.63, 3.8) is 0 Å². The lowest BCUT2D eigenvalue weighted by Gasteiger charge is -2.26. The van der Waals surface area contributed by atoms with Crippen molar-refractivity contribution in [1.29, 1.82) is 0 Å². The SMILES string of the molecule is CCOP(OCC)C(CCCN1C(=O)c2ccccc2C1=O)OS(=O)[O-]. The monoisotopic (exact) mass is 402 g/mol. The molecule has 0 bridgehead atoms.